The Labute approximate surface area is 67.2 Å². The summed E-state index contributed by atoms with van der Waals surface area (Å²) in [6.07, 6.45) is 6.34. The van der Waals surface area contributed by atoms with E-state index in [4.69, 9.17) is 5.73 Å². The third-order valence-electron chi connectivity index (χ3n) is 3.06. The Kier molecular flexibility index (Phi) is 1.50. The number of rotatable bonds is 2. The second-order valence-corrected chi connectivity index (χ2v) is 4.40. The molecule has 0 aromatic rings. The van der Waals surface area contributed by atoms with E-state index in [0.717, 1.165) is 38.5 Å². The van der Waals surface area contributed by atoms with Crippen molar-refractivity contribution in [2.45, 2.75) is 56.2 Å². The number of nitrogens with two attached hydrogens (primary N) is 1. The Hall–Kier alpha value is -0.110. The van der Waals surface area contributed by atoms with Crippen molar-refractivity contribution >= 4 is 0 Å². The van der Waals surface area contributed by atoms with Crippen LogP contribution in [0.5, 0.6) is 0 Å². The minimum atomic E-state index is -0.884. The zero-order valence-corrected chi connectivity index (χ0v) is 6.91. The van der Waals surface area contributed by atoms with Crippen LogP contribution in [0.3, 0.4) is 0 Å². The minimum Gasteiger partial charge on any atom is -0.325 e. The average molecular weight is 157 g/mol. The van der Waals surface area contributed by atoms with Gasteiger partial charge in [-0.25, -0.2) is 4.39 Å². The van der Waals surface area contributed by atoms with Crippen LogP contribution in [0.15, 0.2) is 0 Å². The summed E-state index contributed by atoms with van der Waals surface area (Å²) in [6.45, 7) is 0. The topological polar surface area (TPSA) is 26.0 Å². The Morgan fingerprint density at radius 3 is 2.09 bits per heavy atom. The molecule has 2 aliphatic rings. The first-order valence-electron chi connectivity index (χ1n) is 4.60. The first-order valence-corrected chi connectivity index (χ1v) is 4.60. The molecule has 0 saturated heterocycles. The Bertz CT molecular complexity index is 157. The van der Waals surface area contributed by atoms with E-state index in [0.29, 0.717) is 6.42 Å². The van der Waals surface area contributed by atoms with E-state index in [1.165, 1.54) is 0 Å². The van der Waals surface area contributed by atoms with Gasteiger partial charge in [0.2, 0.25) is 0 Å². The molecule has 11 heavy (non-hydrogen) atoms. The first kappa shape index (κ1) is 7.53. The zero-order valence-electron chi connectivity index (χ0n) is 6.91. The monoisotopic (exact) mass is 157 g/mol. The predicted molar refractivity (Wildman–Crippen MR) is 43.1 cm³/mol. The van der Waals surface area contributed by atoms with Crippen molar-refractivity contribution in [2.75, 3.05) is 0 Å². The van der Waals surface area contributed by atoms with Crippen LogP contribution in [0, 0.1) is 0 Å². The summed E-state index contributed by atoms with van der Waals surface area (Å²) >= 11 is 0. The van der Waals surface area contributed by atoms with Crippen molar-refractivity contribution in [3.05, 3.63) is 0 Å². The average Bonchev–Trinajstić information content (AvgIpc) is 2.43. The number of hydrogen-bond acceptors (Lipinski definition) is 1. The normalized spacial score (nSPS) is 32.2. The molecule has 0 unspecified atom stereocenters. The summed E-state index contributed by atoms with van der Waals surface area (Å²) in [4.78, 5) is 0. The Balaban J connectivity index is 1.92. The molecule has 1 nitrogen and oxygen atoms in total. The van der Waals surface area contributed by atoms with Gasteiger partial charge in [0.05, 0.1) is 0 Å². The van der Waals surface area contributed by atoms with Gasteiger partial charge in [0.1, 0.15) is 5.67 Å². The van der Waals surface area contributed by atoms with Gasteiger partial charge in [-0.05, 0) is 32.1 Å². The Morgan fingerprint density at radius 2 is 1.64 bits per heavy atom. The molecule has 2 rings (SSSR count). The summed E-state index contributed by atoms with van der Waals surface area (Å²) in [5.41, 5.74) is 4.89. The van der Waals surface area contributed by atoms with Gasteiger partial charge in [-0.1, -0.05) is 12.8 Å². The standard InChI is InChI=1S/C9H16FN/c10-8(3-1-2-4-8)7-9(11)5-6-9/h1-7,11H2. The summed E-state index contributed by atoms with van der Waals surface area (Å²) < 4.78 is 13.8. The van der Waals surface area contributed by atoms with Crippen molar-refractivity contribution in [3.8, 4) is 0 Å². The molecule has 0 spiro atoms. The van der Waals surface area contributed by atoms with Crippen LogP contribution in [0.4, 0.5) is 4.39 Å². The maximum Gasteiger partial charge on any atom is 0.112 e. The van der Waals surface area contributed by atoms with Gasteiger partial charge in [0.25, 0.3) is 0 Å². The van der Waals surface area contributed by atoms with Gasteiger partial charge in [-0.15, -0.1) is 0 Å². The fraction of sp³-hybridized carbons (Fsp3) is 1.00. The predicted octanol–water partition coefficient (Wildman–Crippen LogP) is 2.15. The van der Waals surface area contributed by atoms with E-state index < -0.39 is 5.67 Å². The van der Waals surface area contributed by atoms with Gasteiger partial charge in [0, 0.05) is 5.54 Å². The fourth-order valence-corrected chi connectivity index (χ4v) is 2.15. The number of halogens is 1. The van der Waals surface area contributed by atoms with Crippen LogP contribution in [-0.4, -0.2) is 11.2 Å². The smallest absolute Gasteiger partial charge is 0.112 e. The molecule has 2 aliphatic carbocycles. The van der Waals surface area contributed by atoms with Crippen LogP contribution in [0.1, 0.15) is 44.9 Å². The minimum absolute atomic E-state index is 0.0981. The van der Waals surface area contributed by atoms with E-state index >= 15 is 0 Å². The van der Waals surface area contributed by atoms with Crippen LogP contribution in [-0.2, 0) is 0 Å². The molecule has 2 heteroatoms. The van der Waals surface area contributed by atoms with E-state index in [1.54, 1.807) is 0 Å². The molecule has 2 saturated carbocycles. The maximum absolute atomic E-state index is 13.8. The SMILES string of the molecule is NC1(CC2(F)CCCC2)CC1. The zero-order chi connectivity index (χ0) is 7.95. The molecule has 0 radical (unpaired) electrons. The van der Waals surface area contributed by atoms with Gasteiger partial charge in [-0.2, -0.15) is 0 Å². The lowest BCUT2D eigenvalue weighted by Crippen LogP contribution is -2.33. The van der Waals surface area contributed by atoms with Gasteiger partial charge in [-0.3, -0.25) is 0 Å². The largest absolute Gasteiger partial charge is 0.325 e. The fourth-order valence-electron chi connectivity index (χ4n) is 2.15. The van der Waals surface area contributed by atoms with Crippen molar-refractivity contribution in [2.24, 2.45) is 5.73 Å². The number of alkyl halides is 1. The van der Waals surface area contributed by atoms with Crippen molar-refractivity contribution < 1.29 is 4.39 Å². The molecule has 2 fully saturated rings. The van der Waals surface area contributed by atoms with E-state index in [2.05, 4.69) is 0 Å². The van der Waals surface area contributed by atoms with Crippen molar-refractivity contribution in [1.82, 2.24) is 0 Å². The van der Waals surface area contributed by atoms with E-state index in [9.17, 15) is 4.39 Å². The summed E-state index contributed by atoms with van der Waals surface area (Å²) in [7, 11) is 0. The molecule has 0 aromatic carbocycles. The molecule has 0 atom stereocenters. The summed E-state index contributed by atoms with van der Waals surface area (Å²) in [5, 5.41) is 0. The molecule has 0 aromatic heterocycles. The third-order valence-corrected chi connectivity index (χ3v) is 3.06. The molecule has 0 bridgehead atoms. The van der Waals surface area contributed by atoms with Gasteiger partial charge >= 0.3 is 0 Å². The molecular formula is C9H16FN. The maximum atomic E-state index is 13.8. The second-order valence-electron chi connectivity index (χ2n) is 4.40. The molecule has 0 aliphatic heterocycles. The second kappa shape index (κ2) is 2.19. The molecule has 64 valence electrons. The molecule has 0 heterocycles. The lowest BCUT2D eigenvalue weighted by Gasteiger charge is -2.22. The van der Waals surface area contributed by atoms with Crippen molar-refractivity contribution in [3.63, 3.8) is 0 Å². The van der Waals surface area contributed by atoms with Crippen LogP contribution in [0.25, 0.3) is 0 Å². The van der Waals surface area contributed by atoms with Crippen molar-refractivity contribution in [1.29, 1.82) is 0 Å². The van der Waals surface area contributed by atoms with Gasteiger partial charge < -0.3 is 5.73 Å². The van der Waals surface area contributed by atoms with Gasteiger partial charge in [0.15, 0.2) is 0 Å². The number of hydrogen-bond donors (Lipinski definition) is 1. The first-order chi connectivity index (χ1) is 5.12. The molecular weight excluding hydrogens is 141 g/mol. The third kappa shape index (κ3) is 1.56. The van der Waals surface area contributed by atoms with Crippen LogP contribution >= 0.6 is 0 Å². The van der Waals surface area contributed by atoms with E-state index in [-0.39, 0.29) is 5.54 Å². The Morgan fingerprint density at radius 1 is 1.09 bits per heavy atom. The highest BCUT2D eigenvalue weighted by atomic mass is 19.1. The van der Waals surface area contributed by atoms with Crippen LogP contribution < -0.4 is 5.73 Å². The summed E-state index contributed by atoms with van der Waals surface area (Å²) in [6, 6.07) is 0. The quantitative estimate of drug-likeness (QED) is 0.653. The highest BCUT2D eigenvalue weighted by Gasteiger charge is 2.47. The molecule has 2 N–H and O–H groups in total. The lowest BCUT2D eigenvalue weighted by atomic mass is 9.94. The molecule has 0 amide bonds. The van der Waals surface area contributed by atoms with Crippen LogP contribution in [0.2, 0.25) is 0 Å². The summed E-state index contributed by atoms with van der Waals surface area (Å²) in [5.74, 6) is 0. The van der Waals surface area contributed by atoms with E-state index in [1.807, 2.05) is 0 Å². The highest BCUT2D eigenvalue weighted by Crippen LogP contribution is 2.46. The lowest BCUT2D eigenvalue weighted by molar-refractivity contribution is 0.143. The highest BCUT2D eigenvalue weighted by molar-refractivity contribution is 5.05.